The summed E-state index contributed by atoms with van der Waals surface area (Å²) in [4.78, 5) is 38.9. The van der Waals surface area contributed by atoms with Gasteiger partial charge in [0.05, 0.1) is 6.04 Å². The molecule has 0 saturated carbocycles. The van der Waals surface area contributed by atoms with Crippen molar-refractivity contribution in [1.29, 1.82) is 0 Å². The van der Waals surface area contributed by atoms with E-state index in [4.69, 9.17) is 5.73 Å². The summed E-state index contributed by atoms with van der Waals surface area (Å²) in [5, 5.41) is 5.78. The molecule has 0 aromatic heterocycles. The van der Waals surface area contributed by atoms with Crippen molar-refractivity contribution in [3.63, 3.8) is 0 Å². The molecule has 3 aromatic carbocycles. The maximum Gasteiger partial charge on any atom is 0.255 e. The van der Waals surface area contributed by atoms with Crippen LogP contribution in [0.4, 0.5) is 11.4 Å². The summed E-state index contributed by atoms with van der Waals surface area (Å²) < 4.78 is 0. The fraction of sp³-hybridized carbons (Fsp3) is 0.192. The number of nitrogens with one attached hydrogen (secondary N) is 2. The Labute approximate surface area is 192 Å². The number of nitrogens with zero attached hydrogens (tertiary/aromatic N) is 1. The summed E-state index contributed by atoms with van der Waals surface area (Å²) in [5.74, 6) is -0.775. The van der Waals surface area contributed by atoms with Crippen LogP contribution in [0.25, 0.3) is 0 Å². The molecule has 1 fully saturated rings. The van der Waals surface area contributed by atoms with Gasteiger partial charge in [-0.3, -0.25) is 19.3 Å². The van der Waals surface area contributed by atoms with Gasteiger partial charge in [0.15, 0.2) is 0 Å². The van der Waals surface area contributed by atoms with E-state index < -0.39 is 0 Å². The Hall–Kier alpha value is -3.97. The molecule has 1 saturated heterocycles. The lowest BCUT2D eigenvalue weighted by Gasteiger charge is -2.23. The van der Waals surface area contributed by atoms with Crippen molar-refractivity contribution in [3.05, 3.63) is 95.6 Å². The van der Waals surface area contributed by atoms with E-state index in [1.807, 2.05) is 30.3 Å². The second kappa shape index (κ2) is 10.1. The molecule has 1 heterocycles. The third kappa shape index (κ3) is 5.45. The second-order valence-electron chi connectivity index (χ2n) is 8.04. The van der Waals surface area contributed by atoms with E-state index in [0.29, 0.717) is 29.0 Å². The summed E-state index contributed by atoms with van der Waals surface area (Å²) in [6, 6.07) is 22.9. The summed E-state index contributed by atoms with van der Waals surface area (Å²) in [6.45, 7) is 1.33. The number of nitrogens with two attached hydrogens (primary N) is 1. The zero-order valence-electron chi connectivity index (χ0n) is 18.2. The normalized spacial score (nSPS) is 15.7. The van der Waals surface area contributed by atoms with Crippen molar-refractivity contribution in [2.75, 3.05) is 17.2 Å². The Bertz CT molecular complexity index is 1150. The number of benzene rings is 3. The van der Waals surface area contributed by atoms with E-state index in [1.165, 1.54) is 0 Å². The number of primary amides is 1. The third-order valence-electron chi connectivity index (χ3n) is 5.77. The van der Waals surface area contributed by atoms with E-state index in [9.17, 15) is 14.4 Å². The molecule has 0 bridgehead atoms. The third-order valence-corrected chi connectivity index (χ3v) is 5.77. The molecule has 1 atom stereocenters. The molecule has 3 aromatic rings. The van der Waals surface area contributed by atoms with E-state index >= 15 is 0 Å². The number of para-hydroxylation sites is 1. The lowest BCUT2D eigenvalue weighted by atomic mass is 10.1. The predicted molar refractivity (Wildman–Crippen MR) is 128 cm³/mol. The van der Waals surface area contributed by atoms with Crippen molar-refractivity contribution in [2.45, 2.75) is 25.4 Å². The van der Waals surface area contributed by atoms with Gasteiger partial charge in [0, 0.05) is 29.0 Å². The molecule has 7 heteroatoms. The first-order valence-electron chi connectivity index (χ1n) is 10.9. The molecule has 1 unspecified atom stereocenters. The van der Waals surface area contributed by atoms with E-state index in [2.05, 4.69) is 15.5 Å². The highest BCUT2D eigenvalue weighted by Gasteiger charge is 2.29. The van der Waals surface area contributed by atoms with Crippen molar-refractivity contribution >= 4 is 29.1 Å². The number of carbonyl (C=O) groups is 3. The fourth-order valence-electron chi connectivity index (χ4n) is 4.03. The van der Waals surface area contributed by atoms with E-state index in [-0.39, 0.29) is 23.8 Å². The van der Waals surface area contributed by atoms with Crippen LogP contribution in [0.15, 0.2) is 78.9 Å². The van der Waals surface area contributed by atoms with Gasteiger partial charge >= 0.3 is 0 Å². The predicted octanol–water partition coefficient (Wildman–Crippen LogP) is 3.64. The highest BCUT2D eigenvalue weighted by Crippen LogP contribution is 2.24. The van der Waals surface area contributed by atoms with Gasteiger partial charge in [-0.2, -0.15) is 0 Å². The quantitative estimate of drug-likeness (QED) is 0.520. The van der Waals surface area contributed by atoms with Gasteiger partial charge in [-0.05, 0) is 67.4 Å². The van der Waals surface area contributed by atoms with Crippen LogP contribution in [0.1, 0.15) is 39.1 Å². The average Bonchev–Trinajstić information content (AvgIpc) is 3.30. The fourth-order valence-corrected chi connectivity index (χ4v) is 4.03. The number of hydrogen-bond donors (Lipinski definition) is 3. The number of amides is 3. The van der Waals surface area contributed by atoms with Crippen LogP contribution in [0, 0.1) is 0 Å². The minimum atomic E-state index is -0.312. The Kier molecular flexibility index (Phi) is 6.80. The van der Waals surface area contributed by atoms with Crippen molar-refractivity contribution in [3.8, 4) is 0 Å². The van der Waals surface area contributed by atoms with Gasteiger partial charge in [0.2, 0.25) is 5.91 Å². The lowest BCUT2D eigenvalue weighted by Crippen LogP contribution is -2.39. The lowest BCUT2D eigenvalue weighted by molar-refractivity contribution is -0.122. The van der Waals surface area contributed by atoms with Crippen LogP contribution in [-0.4, -0.2) is 35.2 Å². The van der Waals surface area contributed by atoms with Crippen LogP contribution in [0.3, 0.4) is 0 Å². The van der Waals surface area contributed by atoms with Crippen molar-refractivity contribution < 1.29 is 14.4 Å². The van der Waals surface area contributed by atoms with Gasteiger partial charge in [0.1, 0.15) is 0 Å². The maximum atomic E-state index is 12.8. The molecule has 33 heavy (non-hydrogen) atoms. The van der Waals surface area contributed by atoms with E-state index in [1.54, 1.807) is 48.5 Å². The van der Waals surface area contributed by atoms with Crippen LogP contribution in [0.5, 0.6) is 0 Å². The van der Waals surface area contributed by atoms with Gasteiger partial charge < -0.3 is 16.4 Å². The van der Waals surface area contributed by atoms with Crippen LogP contribution in [0.2, 0.25) is 0 Å². The van der Waals surface area contributed by atoms with Crippen LogP contribution < -0.4 is 16.4 Å². The second-order valence-corrected chi connectivity index (χ2v) is 8.04. The summed E-state index contributed by atoms with van der Waals surface area (Å²) >= 11 is 0. The molecule has 0 radical (unpaired) electrons. The minimum Gasteiger partial charge on any atom is -0.368 e. The van der Waals surface area contributed by atoms with Crippen LogP contribution >= 0.6 is 0 Å². The Morgan fingerprint density at radius 3 is 2.18 bits per heavy atom. The number of hydrogen-bond acceptors (Lipinski definition) is 4. The molecule has 4 rings (SSSR count). The first kappa shape index (κ1) is 22.2. The largest absolute Gasteiger partial charge is 0.368 e. The minimum absolute atomic E-state index is 0.210. The van der Waals surface area contributed by atoms with Crippen LogP contribution in [-0.2, 0) is 11.3 Å². The molecule has 1 aliphatic rings. The van der Waals surface area contributed by atoms with Gasteiger partial charge in [-0.1, -0.05) is 36.4 Å². The van der Waals surface area contributed by atoms with Gasteiger partial charge in [0.25, 0.3) is 11.8 Å². The molecule has 168 valence electrons. The van der Waals surface area contributed by atoms with Gasteiger partial charge in [-0.15, -0.1) is 0 Å². The molecule has 0 spiro atoms. The Balaban J connectivity index is 1.41. The summed E-state index contributed by atoms with van der Waals surface area (Å²) in [7, 11) is 0. The molecule has 0 aliphatic carbocycles. The SMILES string of the molecule is NC(=O)C1CCCN1Cc1ccccc1NC(=O)c1ccc(NC(=O)c2ccccc2)cc1. The molecular weight excluding hydrogens is 416 g/mol. The van der Waals surface area contributed by atoms with Crippen molar-refractivity contribution in [1.82, 2.24) is 4.90 Å². The number of likely N-dealkylation sites (tertiary alicyclic amines) is 1. The number of rotatable bonds is 7. The first-order chi connectivity index (χ1) is 16.0. The molecular formula is C26H26N4O3. The zero-order chi connectivity index (χ0) is 23.2. The number of carbonyl (C=O) groups excluding carboxylic acids is 3. The monoisotopic (exact) mass is 442 g/mol. The highest BCUT2D eigenvalue weighted by molar-refractivity contribution is 6.06. The van der Waals surface area contributed by atoms with Gasteiger partial charge in [-0.25, -0.2) is 0 Å². The average molecular weight is 443 g/mol. The summed E-state index contributed by atoms with van der Waals surface area (Å²) in [5.41, 5.74) is 8.79. The Morgan fingerprint density at radius 2 is 1.45 bits per heavy atom. The Morgan fingerprint density at radius 1 is 0.818 bits per heavy atom. The summed E-state index contributed by atoms with van der Waals surface area (Å²) in [6.07, 6.45) is 1.69. The smallest absolute Gasteiger partial charge is 0.255 e. The molecule has 3 amide bonds. The number of anilines is 2. The highest BCUT2D eigenvalue weighted by atomic mass is 16.2. The topological polar surface area (TPSA) is 105 Å². The molecule has 1 aliphatic heterocycles. The van der Waals surface area contributed by atoms with Crippen molar-refractivity contribution in [2.24, 2.45) is 5.73 Å². The molecule has 4 N–H and O–H groups in total. The zero-order valence-corrected chi connectivity index (χ0v) is 18.2. The molecule has 7 nitrogen and oxygen atoms in total. The maximum absolute atomic E-state index is 12.8. The van der Waals surface area contributed by atoms with E-state index in [0.717, 1.165) is 24.9 Å². The first-order valence-corrected chi connectivity index (χ1v) is 10.9. The standard InChI is InChI=1S/C26H26N4O3/c27-24(31)23-11-6-16-30(23)17-20-9-4-5-10-22(20)29-26(33)19-12-14-21(15-13-19)28-25(32)18-7-2-1-3-8-18/h1-5,7-10,12-15,23H,6,11,16-17H2,(H2,27,31)(H,28,32)(H,29,33).